The van der Waals surface area contributed by atoms with Crippen LogP contribution in [0.2, 0.25) is 0 Å². The van der Waals surface area contributed by atoms with Gasteiger partial charge in [-0.05, 0) is 61.6 Å². The molecule has 2 aromatic rings. The van der Waals surface area contributed by atoms with Crippen LogP contribution < -0.4 is 9.62 Å². The summed E-state index contributed by atoms with van der Waals surface area (Å²) >= 11 is 3.40. The molecule has 1 N–H and O–H groups in total. The Kier molecular flexibility index (Phi) is 9.53. The van der Waals surface area contributed by atoms with E-state index in [4.69, 9.17) is 0 Å². The molecule has 7 nitrogen and oxygen atoms in total. The fourth-order valence-electron chi connectivity index (χ4n) is 3.52. The standard InChI is InChI=1S/C26H36BrN3O4S/c1-18(2)28-25(32)19(3)29(16-20-8-12-22(27)13-9-20)24(31)17-30(35(7,33)34)23-14-10-21(11-15-23)26(4,5)6/h8-15,18-19H,16-17H2,1-7H3,(H,28,32). The van der Waals surface area contributed by atoms with Gasteiger partial charge in [0.25, 0.3) is 0 Å². The number of hydrogen-bond donors (Lipinski definition) is 1. The topological polar surface area (TPSA) is 86.8 Å². The van der Waals surface area contributed by atoms with Crippen molar-refractivity contribution in [3.05, 3.63) is 64.1 Å². The van der Waals surface area contributed by atoms with Gasteiger partial charge >= 0.3 is 0 Å². The first-order valence-electron chi connectivity index (χ1n) is 11.5. The van der Waals surface area contributed by atoms with E-state index in [9.17, 15) is 18.0 Å². The molecule has 2 rings (SSSR count). The molecule has 0 aliphatic carbocycles. The lowest BCUT2D eigenvalue weighted by Gasteiger charge is -2.32. The highest BCUT2D eigenvalue weighted by molar-refractivity contribution is 9.10. The summed E-state index contributed by atoms with van der Waals surface area (Å²) in [6.45, 7) is 11.3. The largest absolute Gasteiger partial charge is 0.352 e. The molecule has 2 aromatic carbocycles. The number of anilines is 1. The maximum atomic E-state index is 13.5. The average Bonchev–Trinajstić information content (AvgIpc) is 2.74. The van der Waals surface area contributed by atoms with Crippen LogP contribution in [0.4, 0.5) is 5.69 Å². The quantitative estimate of drug-likeness (QED) is 0.486. The second kappa shape index (κ2) is 11.6. The number of rotatable bonds is 9. The van der Waals surface area contributed by atoms with Crippen LogP contribution in [-0.2, 0) is 31.6 Å². The van der Waals surface area contributed by atoms with Crippen molar-refractivity contribution in [1.29, 1.82) is 0 Å². The molecule has 0 fully saturated rings. The van der Waals surface area contributed by atoms with E-state index in [0.717, 1.165) is 26.2 Å². The summed E-state index contributed by atoms with van der Waals surface area (Å²) in [7, 11) is -3.76. The predicted molar refractivity (Wildman–Crippen MR) is 145 cm³/mol. The number of nitrogens with zero attached hydrogens (tertiary/aromatic N) is 2. The molecule has 1 atom stereocenters. The molecule has 0 saturated heterocycles. The Morgan fingerprint density at radius 2 is 1.51 bits per heavy atom. The molecule has 35 heavy (non-hydrogen) atoms. The third-order valence-electron chi connectivity index (χ3n) is 5.56. The molecule has 0 heterocycles. The van der Waals surface area contributed by atoms with Crippen LogP contribution in [0.3, 0.4) is 0 Å². The molecule has 0 aliphatic heterocycles. The number of carbonyl (C=O) groups excluding carboxylic acids is 2. The molecular weight excluding hydrogens is 530 g/mol. The van der Waals surface area contributed by atoms with E-state index in [0.29, 0.717) is 5.69 Å². The number of benzene rings is 2. The van der Waals surface area contributed by atoms with Gasteiger partial charge in [-0.3, -0.25) is 13.9 Å². The molecule has 0 aliphatic rings. The zero-order valence-electron chi connectivity index (χ0n) is 21.5. The summed E-state index contributed by atoms with van der Waals surface area (Å²) in [6.07, 6.45) is 1.08. The van der Waals surface area contributed by atoms with Gasteiger partial charge in [0.1, 0.15) is 12.6 Å². The molecule has 0 saturated carbocycles. The van der Waals surface area contributed by atoms with E-state index in [1.807, 2.05) is 50.2 Å². The monoisotopic (exact) mass is 565 g/mol. The first kappa shape index (κ1) is 28.8. The molecule has 0 spiro atoms. The second-order valence-corrected chi connectivity index (χ2v) is 12.9. The number of nitrogens with one attached hydrogen (secondary N) is 1. The van der Waals surface area contributed by atoms with Crippen LogP contribution in [0.25, 0.3) is 0 Å². The molecular formula is C26H36BrN3O4S. The van der Waals surface area contributed by atoms with E-state index < -0.39 is 28.5 Å². The van der Waals surface area contributed by atoms with E-state index in [2.05, 4.69) is 42.0 Å². The van der Waals surface area contributed by atoms with Gasteiger partial charge in [-0.15, -0.1) is 0 Å². The third kappa shape index (κ3) is 8.35. The summed E-state index contributed by atoms with van der Waals surface area (Å²) in [5, 5.41) is 2.84. The number of halogens is 1. The minimum atomic E-state index is -3.76. The first-order chi connectivity index (χ1) is 16.1. The number of amides is 2. The molecule has 2 amide bonds. The van der Waals surface area contributed by atoms with E-state index >= 15 is 0 Å². The number of hydrogen-bond acceptors (Lipinski definition) is 4. The maximum absolute atomic E-state index is 13.5. The lowest BCUT2D eigenvalue weighted by molar-refractivity contribution is -0.139. The van der Waals surface area contributed by atoms with Crippen LogP contribution in [0.5, 0.6) is 0 Å². The summed E-state index contributed by atoms with van der Waals surface area (Å²) in [4.78, 5) is 27.7. The fourth-order valence-corrected chi connectivity index (χ4v) is 4.63. The second-order valence-electron chi connectivity index (χ2n) is 10.1. The van der Waals surface area contributed by atoms with Crippen molar-refractivity contribution < 1.29 is 18.0 Å². The van der Waals surface area contributed by atoms with Crippen LogP contribution in [0.15, 0.2) is 53.0 Å². The van der Waals surface area contributed by atoms with E-state index in [1.165, 1.54) is 4.90 Å². The van der Waals surface area contributed by atoms with Crippen molar-refractivity contribution in [2.75, 3.05) is 17.1 Å². The lowest BCUT2D eigenvalue weighted by Crippen LogP contribution is -2.52. The van der Waals surface area contributed by atoms with Gasteiger partial charge in [-0.2, -0.15) is 0 Å². The van der Waals surface area contributed by atoms with Gasteiger partial charge in [0.05, 0.1) is 11.9 Å². The van der Waals surface area contributed by atoms with Crippen molar-refractivity contribution in [2.24, 2.45) is 0 Å². The Morgan fingerprint density at radius 1 is 0.971 bits per heavy atom. The van der Waals surface area contributed by atoms with Crippen molar-refractivity contribution >= 4 is 43.5 Å². The zero-order chi connectivity index (χ0) is 26.6. The van der Waals surface area contributed by atoms with Crippen LogP contribution >= 0.6 is 15.9 Å². The molecule has 0 radical (unpaired) electrons. The smallest absolute Gasteiger partial charge is 0.244 e. The van der Waals surface area contributed by atoms with Gasteiger partial charge in [0, 0.05) is 17.1 Å². The van der Waals surface area contributed by atoms with Gasteiger partial charge in [0.15, 0.2) is 0 Å². The summed E-state index contributed by atoms with van der Waals surface area (Å²) in [5.41, 5.74) is 2.19. The molecule has 192 valence electrons. The lowest BCUT2D eigenvalue weighted by atomic mass is 9.87. The third-order valence-corrected chi connectivity index (χ3v) is 7.23. The highest BCUT2D eigenvalue weighted by atomic mass is 79.9. The minimum absolute atomic E-state index is 0.0923. The highest BCUT2D eigenvalue weighted by Crippen LogP contribution is 2.26. The van der Waals surface area contributed by atoms with Crippen molar-refractivity contribution in [3.8, 4) is 0 Å². The Balaban J connectivity index is 2.39. The molecule has 9 heteroatoms. The van der Waals surface area contributed by atoms with E-state index in [-0.39, 0.29) is 23.9 Å². The van der Waals surface area contributed by atoms with Crippen molar-refractivity contribution in [2.45, 2.75) is 65.6 Å². The predicted octanol–water partition coefficient (Wildman–Crippen LogP) is 4.45. The first-order valence-corrected chi connectivity index (χ1v) is 14.2. The van der Waals surface area contributed by atoms with Gasteiger partial charge in [0.2, 0.25) is 21.8 Å². The zero-order valence-corrected chi connectivity index (χ0v) is 23.9. The maximum Gasteiger partial charge on any atom is 0.244 e. The van der Waals surface area contributed by atoms with Crippen molar-refractivity contribution in [3.63, 3.8) is 0 Å². The SMILES string of the molecule is CC(C)NC(=O)C(C)N(Cc1ccc(Br)cc1)C(=O)CN(c1ccc(C(C)(C)C)cc1)S(C)(=O)=O. The Morgan fingerprint density at radius 3 is 1.97 bits per heavy atom. The van der Waals surface area contributed by atoms with Gasteiger partial charge < -0.3 is 10.2 Å². The normalized spacial score (nSPS) is 12.8. The molecule has 0 aromatic heterocycles. The van der Waals surface area contributed by atoms with Gasteiger partial charge in [-0.25, -0.2) is 8.42 Å². The van der Waals surface area contributed by atoms with E-state index in [1.54, 1.807) is 19.1 Å². The Hall–Kier alpha value is -2.39. The summed E-state index contributed by atoms with van der Waals surface area (Å²) < 4.78 is 27.4. The average molecular weight is 567 g/mol. The number of carbonyl (C=O) groups is 2. The van der Waals surface area contributed by atoms with Gasteiger partial charge in [-0.1, -0.05) is 61.0 Å². The Labute approximate surface area is 218 Å². The fraction of sp³-hybridized carbons (Fsp3) is 0.462. The van der Waals surface area contributed by atoms with Crippen molar-refractivity contribution in [1.82, 2.24) is 10.2 Å². The minimum Gasteiger partial charge on any atom is -0.352 e. The van der Waals surface area contributed by atoms with Crippen LogP contribution in [-0.4, -0.2) is 50.0 Å². The highest BCUT2D eigenvalue weighted by Gasteiger charge is 2.30. The summed E-state index contributed by atoms with van der Waals surface area (Å²) in [6, 6.07) is 13.7. The van der Waals surface area contributed by atoms with Crippen LogP contribution in [0.1, 0.15) is 52.7 Å². The molecule has 0 bridgehead atoms. The number of sulfonamides is 1. The molecule has 1 unspecified atom stereocenters. The summed E-state index contributed by atoms with van der Waals surface area (Å²) in [5.74, 6) is -0.768. The Bertz CT molecular complexity index is 1120. The van der Waals surface area contributed by atoms with Crippen LogP contribution in [0, 0.1) is 0 Å².